The van der Waals surface area contributed by atoms with Crippen LogP contribution in [0.25, 0.3) is 21.1 Å². The Kier molecular flexibility index (Phi) is 7.70. The first-order valence-corrected chi connectivity index (χ1v) is 15.0. The molecule has 0 spiro atoms. The molecule has 5 aromatic rings. The van der Waals surface area contributed by atoms with Crippen molar-refractivity contribution in [2.75, 3.05) is 6.54 Å². The number of halogens is 3. The number of carboxylic acids is 1. The standard InChI is InChI=1S/C31H30F3N5O4S/c1-4-20-14-39(15-24-25(43-20)5-6-26(40)35-24)13-19-10-18(9-17-7-8-44-30(17)19)22(12-27(41)42)21-11-23(31(32,33)34)29-28(16(21)2)36-37-38(29)3/h5-11,20,22H,4,12-15H2,1-3H3,(H,35,40)(H,41,42)/t20-,22+/m1/s1. The van der Waals surface area contributed by atoms with Gasteiger partial charge in [0.15, 0.2) is 0 Å². The van der Waals surface area contributed by atoms with Gasteiger partial charge in [-0.3, -0.25) is 9.69 Å². The third kappa shape index (κ3) is 5.57. The van der Waals surface area contributed by atoms with Crippen molar-refractivity contribution < 1.29 is 32.9 Å². The van der Waals surface area contributed by atoms with Gasteiger partial charge in [0.1, 0.15) is 28.6 Å². The van der Waals surface area contributed by atoms with Crippen LogP contribution in [0.1, 0.15) is 59.2 Å². The van der Waals surface area contributed by atoms with E-state index in [1.165, 1.54) is 13.1 Å². The minimum atomic E-state index is -4.70. The van der Waals surface area contributed by atoms with Gasteiger partial charge in [0, 0.05) is 43.4 Å². The molecule has 44 heavy (non-hydrogen) atoms. The molecule has 1 aliphatic heterocycles. The lowest BCUT2D eigenvalue weighted by molar-refractivity contribution is -0.137. The van der Waals surface area contributed by atoms with Crippen molar-refractivity contribution in [2.45, 2.75) is 58.0 Å². The van der Waals surface area contributed by atoms with Crippen LogP contribution in [0.2, 0.25) is 0 Å². The van der Waals surface area contributed by atoms with Crippen LogP contribution < -0.4 is 4.74 Å². The molecule has 0 saturated carbocycles. The third-order valence-corrected chi connectivity index (χ3v) is 9.18. The van der Waals surface area contributed by atoms with Crippen LogP contribution in [0, 0.1) is 6.92 Å². The summed E-state index contributed by atoms with van der Waals surface area (Å²) in [4.78, 5) is 18.6. The second-order valence-corrected chi connectivity index (χ2v) is 12.1. The fourth-order valence-corrected chi connectivity index (χ4v) is 6.98. The molecule has 0 bridgehead atoms. The van der Waals surface area contributed by atoms with E-state index >= 15 is 0 Å². The average Bonchev–Trinajstić information content (AvgIpc) is 3.55. The maximum Gasteiger partial charge on any atom is 0.418 e. The molecule has 0 amide bonds. The molecule has 2 aromatic carbocycles. The summed E-state index contributed by atoms with van der Waals surface area (Å²) in [6.07, 6.45) is -4.48. The van der Waals surface area contributed by atoms with Crippen molar-refractivity contribution in [1.82, 2.24) is 24.9 Å². The van der Waals surface area contributed by atoms with Crippen LogP contribution >= 0.6 is 11.3 Å². The van der Waals surface area contributed by atoms with E-state index in [2.05, 4.69) is 20.2 Å². The Morgan fingerprint density at radius 2 is 2.02 bits per heavy atom. The predicted molar refractivity (Wildman–Crippen MR) is 159 cm³/mol. The fraction of sp³-hybridized carbons (Fsp3) is 0.355. The van der Waals surface area contributed by atoms with Gasteiger partial charge in [-0.05, 0) is 70.6 Å². The smallest absolute Gasteiger partial charge is 0.418 e. The normalized spacial score (nSPS) is 16.5. The van der Waals surface area contributed by atoms with Crippen molar-refractivity contribution in [3.05, 3.63) is 75.3 Å². The summed E-state index contributed by atoms with van der Waals surface area (Å²) < 4.78 is 51.2. The summed E-state index contributed by atoms with van der Waals surface area (Å²) >= 11 is 1.55. The summed E-state index contributed by atoms with van der Waals surface area (Å²) in [6, 6.07) is 9.96. The van der Waals surface area contributed by atoms with Gasteiger partial charge < -0.3 is 14.9 Å². The van der Waals surface area contributed by atoms with Crippen LogP contribution in [0.4, 0.5) is 13.2 Å². The van der Waals surface area contributed by atoms with E-state index in [0.29, 0.717) is 42.2 Å². The molecule has 0 fully saturated rings. The molecule has 230 valence electrons. The summed E-state index contributed by atoms with van der Waals surface area (Å²) in [5.41, 5.74) is 1.86. The van der Waals surface area contributed by atoms with Gasteiger partial charge in [0.05, 0.1) is 12.0 Å². The van der Waals surface area contributed by atoms with Gasteiger partial charge >= 0.3 is 12.1 Å². The Morgan fingerprint density at radius 1 is 1.23 bits per heavy atom. The second-order valence-electron chi connectivity index (χ2n) is 11.1. The maximum absolute atomic E-state index is 14.3. The lowest BCUT2D eigenvalue weighted by Gasteiger charge is -2.25. The molecule has 2 N–H and O–H groups in total. The monoisotopic (exact) mass is 625 g/mol. The van der Waals surface area contributed by atoms with Gasteiger partial charge in [-0.2, -0.15) is 13.2 Å². The third-order valence-electron chi connectivity index (χ3n) is 8.18. The van der Waals surface area contributed by atoms with Gasteiger partial charge in [0.25, 0.3) is 0 Å². The number of aliphatic carboxylic acids is 1. The quantitative estimate of drug-likeness (QED) is 0.214. The number of pyridine rings is 1. The number of carboxylic acid groups (broad SMARTS) is 1. The number of aromatic nitrogens is 4. The lowest BCUT2D eigenvalue weighted by atomic mass is 9.83. The number of nitrogens with zero attached hydrogens (tertiary/aromatic N) is 5. The zero-order valence-electron chi connectivity index (χ0n) is 24.2. The highest BCUT2D eigenvalue weighted by molar-refractivity contribution is 7.17. The fourth-order valence-electron chi connectivity index (χ4n) is 6.09. The molecule has 0 aliphatic carbocycles. The van der Waals surface area contributed by atoms with Crippen molar-refractivity contribution >= 4 is 38.4 Å². The highest BCUT2D eigenvalue weighted by Gasteiger charge is 2.37. The number of thiophene rings is 1. The molecule has 3 aromatic heterocycles. The number of rotatable bonds is 7. The number of ether oxygens (including phenoxy) is 1. The summed E-state index contributed by atoms with van der Waals surface area (Å²) in [6.45, 7) is 5.14. The van der Waals surface area contributed by atoms with Crippen LogP contribution in [0.5, 0.6) is 11.6 Å². The Hall–Kier alpha value is -4.23. The molecule has 9 nitrogen and oxygen atoms in total. The minimum absolute atomic E-state index is 0.0918. The Bertz CT molecular complexity index is 1890. The maximum atomic E-state index is 14.3. The highest BCUT2D eigenvalue weighted by Crippen LogP contribution is 2.42. The van der Waals surface area contributed by atoms with Crippen LogP contribution in [-0.2, 0) is 31.1 Å². The van der Waals surface area contributed by atoms with Crippen molar-refractivity contribution in [3.8, 4) is 11.6 Å². The highest BCUT2D eigenvalue weighted by atomic mass is 32.1. The zero-order chi connectivity index (χ0) is 31.3. The van der Waals surface area contributed by atoms with Gasteiger partial charge in [-0.15, -0.1) is 16.4 Å². The van der Waals surface area contributed by atoms with E-state index < -0.39 is 30.0 Å². The van der Waals surface area contributed by atoms with E-state index in [4.69, 9.17) is 4.74 Å². The largest absolute Gasteiger partial charge is 0.493 e. The SMILES string of the molecule is CC[C@@H]1CN(Cc2cc([C@H](CC(=O)O)c3cc(C(F)(F)F)c4c(nnn4C)c3C)cc3ccsc23)Cc2nc(O)ccc2O1. The molecule has 2 atom stereocenters. The zero-order valence-corrected chi connectivity index (χ0v) is 25.0. The molecular formula is C31H30F3N5O4S. The van der Waals surface area contributed by atoms with Gasteiger partial charge in [-0.25, -0.2) is 9.67 Å². The number of aromatic hydroxyl groups is 1. The van der Waals surface area contributed by atoms with Gasteiger partial charge in [0.2, 0.25) is 5.88 Å². The van der Waals surface area contributed by atoms with Crippen LogP contribution in [0.15, 0.2) is 41.8 Å². The van der Waals surface area contributed by atoms with Crippen molar-refractivity contribution in [3.63, 3.8) is 0 Å². The molecule has 13 heteroatoms. The molecule has 6 rings (SSSR count). The Labute approximate surface area is 254 Å². The molecule has 0 radical (unpaired) electrons. The second kappa shape index (κ2) is 11.4. The molecular weight excluding hydrogens is 595 g/mol. The predicted octanol–water partition coefficient (Wildman–Crippen LogP) is 6.39. The number of hydrogen-bond donors (Lipinski definition) is 2. The summed E-state index contributed by atoms with van der Waals surface area (Å²) in [7, 11) is 1.40. The minimum Gasteiger partial charge on any atom is -0.493 e. The van der Waals surface area contributed by atoms with Gasteiger partial charge in [-0.1, -0.05) is 18.2 Å². The number of alkyl halides is 3. The van der Waals surface area contributed by atoms with E-state index in [9.17, 15) is 28.2 Å². The van der Waals surface area contributed by atoms with E-state index in [0.717, 1.165) is 32.8 Å². The van der Waals surface area contributed by atoms with Crippen molar-refractivity contribution in [1.29, 1.82) is 0 Å². The number of benzene rings is 2. The van der Waals surface area contributed by atoms with Crippen LogP contribution in [0.3, 0.4) is 0 Å². The number of carbonyl (C=O) groups is 1. The first kappa shape index (κ1) is 29.8. The Morgan fingerprint density at radius 3 is 2.75 bits per heavy atom. The van der Waals surface area contributed by atoms with Crippen LogP contribution in [-0.4, -0.2) is 53.7 Å². The van der Waals surface area contributed by atoms with Crippen molar-refractivity contribution in [2.24, 2.45) is 7.05 Å². The van der Waals surface area contributed by atoms with E-state index in [1.807, 2.05) is 30.5 Å². The summed E-state index contributed by atoms with van der Waals surface area (Å²) in [5, 5.41) is 30.6. The van der Waals surface area contributed by atoms with E-state index in [-0.39, 0.29) is 28.6 Å². The lowest BCUT2D eigenvalue weighted by Crippen LogP contribution is -2.32. The van der Waals surface area contributed by atoms with E-state index in [1.54, 1.807) is 24.3 Å². The first-order chi connectivity index (χ1) is 20.9. The number of aryl methyl sites for hydroxylation is 2. The average molecular weight is 626 g/mol. The Balaban J connectivity index is 1.47. The molecule has 0 saturated heterocycles. The first-order valence-electron chi connectivity index (χ1n) is 14.1. The molecule has 1 aliphatic rings. The number of fused-ring (bicyclic) bond motifs is 3. The summed E-state index contributed by atoms with van der Waals surface area (Å²) in [5.74, 6) is -1.50. The molecule has 0 unspecified atom stereocenters. The topological polar surface area (TPSA) is 114 Å². The number of hydrogen-bond acceptors (Lipinski definition) is 8. The molecule has 4 heterocycles.